The van der Waals surface area contributed by atoms with Gasteiger partial charge in [0.15, 0.2) is 5.75 Å². The normalized spacial score (nSPS) is 18.6. The molecule has 6 nitrogen and oxygen atoms in total. The number of hydrogen-bond acceptors (Lipinski definition) is 5. The van der Waals surface area contributed by atoms with E-state index in [1.165, 1.54) is 0 Å². The van der Waals surface area contributed by atoms with Crippen molar-refractivity contribution in [3.05, 3.63) is 65.1 Å². The minimum Gasteiger partial charge on any atom is -0.409 e. The van der Waals surface area contributed by atoms with Crippen molar-refractivity contribution < 1.29 is 45.4 Å². The molecule has 0 unspecified atom stereocenters. The Morgan fingerprint density at radius 3 is 2.18 bits per heavy atom. The van der Waals surface area contributed by atoms with Gasteiger partial charge >= 0.3 is 18.4 Å². The first-order valence-corrected chi connectivity index (χ1v) is 11.4. The number of hydrogen-bond donors (Lipinski definition) is 3. The lowest BCUT2D eigenvalue weighted by Gasteiger charge is -2.26. The number of rotatable bonds is 6. The smallest absolute Gasteiger partial charge is 0.409 e. The van der Waals surface area contributed by atoms with Crippen molar-refractivity contribution in [2.75, 3.05) is 11.9 Å². The third-order valence-electron chi connectivity index (χ3n) is 6.04. The molecule has 1 aliphatic carbocycles. The highest BCUT2D eigenvalue weighted by molar-refractivity contribution is 6.10. The molecule has 0 atom stereocenters. The van der Waals surface area contributed by atoms with E-state index in [0.717, 1.165) is 42.4 Å². The molecule has 2 aromatic carbocycles. The van der Waals surface area contributed by atoms with Crippen molar-refractivity contribution in [2.24, 2.45) is 0 Å². The molecule has 3 N–H and O–H groups in total. The number of carbonyl (C=O) groups is 1. The predicted octanol–water partition coefficient (Wildman–Crippen LogP) is 6.38. The van der Waals surface area contributed by atoms with Gasteiger partial charge in [-0.05, 0) is 62.1 Å². The van der Waals surface area contributed by atoms with E-state index in [-0.39, 0.29) is 17.8 Å². The van der Waals surface area contributed by atoms with Crippen molar-refractivity contribution in [1.29, 1.82) is 5.41 Å². The molecule has 0 aliphatic heterocycles. The highest BCUT2D eigenvalue weighted by Gasteiger charge is 2.41. The zero-order chi connectivity index (χ0) is 28.3. The molecule has 0 bridgehead atoms. The van der Waals surface area contributed by atoms with Crippen LogP contribution >= 0.6 is 0 Å². The molecule has 13 heteroatoms. The summed E-state index contributed by atoms with van der Waals surface area (Å²) in [6, 6.07) is 4.27. The van der Waals surface area contributed by atoms with E-state index in [4.69, 9.17) is 10.1 Å². The molecule has 0 spiro atoms. The van der Waals surface area contributed by atoms with Gasteiger partial charge in [0.25, 0.3) is 0 Å². The average Bonchev–Trinajstić information content (AvgIpc) is 2.84. The molecule has 1 fully saturated rings. The second kappa shape index (κ2) is 11.4. The maximum absolute atomic E-state index is 14.0. The van der Waals surface area contributed by atoms with Crippen LogP contribution in [0.1, 0.15) is 42.4 Å². The molecule has 0 saturated heterocycles. The van der Waals surface area contributed by atoms with E-state index < -0.39 is 58.4 Å². The van der Waals surface area contributed by atoms with Gasteiger partial charge in [-0.15, -0.1) is 0 Å². The molecule has 3 rings (SSSR count). The number of aliphatic hydroxyl groups excluding tert-OH is 1. The lowest BCUT2D eigenvalue weighted by molar-refractivity contribution is -0.143. The summed E-state index contributed by atoms with van der Waals surface area (Å²) in [6.45, 7) is 0. The van der Waals surface area contributed by atoms with Gasteiger partial charge in [-0.1, -0.05) is 0 Å². The number of anilines is 1. The Labute approximate surface area is 213 Å². The Kier molecular flexibility index (Phi) is 8.70. The molecule has 0 heterocycles. The van der Waals surface area contributed by atoms with Gasteiger partial charge in [0.2, 0.25) is 0 Å². The number of ether oxygens (including phenoxy) is 1. The van der Waals surface area contributed by atoms with Crippen LogP contribution in [0.4, 0.5) is 41.2 Å². The number of nitrogens with zero attached hydrogens (tertiary/aromatic N) is 1. The summed E-state index contributed by atoms with van der Waals surface area (Å²) in [5.74, 6) is -1.86. The van der Waals surface area contributed by atoms with Crippen LogP contribution in [-0.2, 0) is 12.4 Å². The first-order valence-electron chi connectivity index (χ1n) is 11.4. The standard InChI is InChI=1S/C25H24F7N3O3/c1-35(18-6-2-16(26)3-7-18)23(37)38-22-20(10-15(24(27,28)29)11-21(22)25(30,31)32)14(12-33)13-34-17-4-8-19(36)9-5-17/h2-3,6-7,10-13,17,19,33-34,36H,4-5,8-9H2,1H3/b14-13+,33-12?. The van der Waals surface area contributed by atoms with E-state index in [1.54, 1.807) is 0 Å². The molecular formula is C25H24F7N3O3. The number of allylic oxidation sites excluding steroid dienone is 1. The topological polar surface area (TPSA) is 85.7 Å². The minimum absolute atomic E-state index is 0.0439. The molecule has 0 aromatic heterocycles. The number of nitrogens with one attached hydrogen (secondary N) is 2. The van der Waals surface area contributed by atoms with Crippen LogP contribution in [0.2, 0.25) is 0 Å². The number of alkyl halides is 6. The average molecular weight is 547 g/mol. The maximum Gasteiger partial charge on any atom is 0.420 e. The molecule has 0 radical (unpaired) electrons. The fourth-order valence-corrected chi connectivity index (χ4v) is 3.90. The van der Waals surface area contributed by atoms with Gasteiger partial charge in [-0.25, -0.2) is 9.18 Å². The van der Waals surface area contributed by atoms with Crippen molar-refractivity contribution in [2.45, 2.75) is 50.2 Å². The van der Waals surface area contributed by atoms with Gasteiger partial charge in [-0.2, -0.15) is 26.3 Å². The second-order valence-corrected chi connectivity index (χ2v) is 8.72. The van der Waals surface area contributed by atoms with Gasteiger partial charge < -0.3 is 20.6 Å². The van der Waals surface area contributed by atoms with E-state index in [0.29, 0.717) is 38.0 Å². The van der Waals surface area contributed by atoms with Crippen molar-refractivity contribution in [3.63, 3.8) is 0 Å². The molecular weight excluding hydrogens is 523 g/mol. The zero-order valence-electron chi connectivity index (χ0n) is 20.0. The maximum atomic E-state index is 14.0. The minimum atomic E-state index is -5.36. The first-order chi connectivity index (χ1) is 17.7. The summed E-state index contributed by atoms with van der Waals surface area (Å²) in [7, 11) is 1.12. The van der Waals surface area contributed by atoms with Crippen LogP contribution in [0.25, 0.3) is 5.57 Å². The monoisotopic (exact) mass is 547 g/mol. The van der Waals surface area contributed by atoms with Crippen LogP contribution < -0.4 is 15.0 Å². The summed E-state index contributed by atoms with van der Waals surface area (Å²) in [4.78, 5) is 13.5. The third kappa shape index (κ3) is 7.03. The molecule has 2 aromatic rings. The van der Waals surface area contributed by atoms with Crippen LogP contribution in [0, 0.1) is 11.2 Å². The van der Waals surface area contributed by atoms with Gasteiger partial charge in [-0.3, -0.25) is 4.90 Å². The van der Waals surface area contributed by atoms with E-state index >= 15 is 0 Å². The van der Waals surface area contributed by atoms with Gasteiger partial charge in [0.1, 0.15) is 5.82 Å². The highest BCUT2D eigenvalue weighted by Crippen LogP contribution is 2.44. The van der Waals surface area contributed by atoms with E-state index in [2.05, 4.69) is 5.32 Å². The van der Waals surface area contributed by atoms with Gasteiger partial charge in [0, 0.05) is 42.3 Å². The summed E-state index contributed by atoms with van der Waals surface area (Å²) >= 11 is 0. The van der Waals surface area contributed by atoms with E-state index in [1.807, 2.05) is 0 Å². The SMILES string of the molecule is CN(C(=O)Oc1c(/C(C=N)=C/NC2CCC(O)CC2)cc(C(F)(F)F)cc1C(F)(F)F)c1ccc(F)cc1. The number of aliphatic hydroxyl groups is 1. The Balaban J connectivity index is 2.09. The van der Waals surface area contributed by atoms with Crippen molar-refractivity contribution in [3.8, 4) is 5.75 Å². The molecule has 38 heavy (non-hydrogen) atoms. The Hall–Kier alpha value is -3.61. The summed E-state index contributed by atoms with van der Waals surface area (Å²) in [5, 5.41) is 20.2. The van der Waals surface area contributed by atoms with Crippen LogP contribution in [0.3, 0.4) is 0 Å². The molecule has 206 valence electrons. The summed E-state index contributed by atoms with van der Waals surface area (Å²) in [5.41, 5.74) is -4.66. The fourth-order valence-electron chi connectivity index (χ4n) is 3.90. The number of benzene rings is 2. The quantitative estimate of drug-likeness (QED) is 0.289. The molecule has 1 amide bonds. The summed E-state index contributed by atoms with van der Waals surface area (Å²) < 4.78 is 101. The summed E-state index contributed by atoms with van der Waals surface area (Å²) in [6.07, 6.45) is -8.91. The number of halogens is 7. The first kappa shape index (κ1) is 29.0. The van der Waals surface area contributed by atoms with Gasteiger partial charge in [0.05, 0.1) is 17.2 Å². The number of carbonyl (C=O) groups excluding carboxylic acids is 1. The van der Waals surface area contributed by atoms with Crippen LogP contribution in [-0.4, -0.2) is 36.6 Å². The van der Waals surface area contributed by atoms with Crippen LogP contribution in [0.15, 0.2) is 42.6 Å². The zero-order valence-corrected chi connectivity index (χ0v) is 20.0. The highest BCUT2D eigenvalue weighted by atomic mass is 19.4. The Morgan fingerprint density at radius 2 is 1.66 bits per heavy atom. The van der Waals surface area contributed by atoms with Crippen molar-refractivity contribution in [1.82, 2.24) is 5.32 Å². The Morgan fingerprint density at radius 1 is 1.05 bits per heavy atom. The largest absolute Gasteiger partial charge is 0.420 e. The second-order valence-electron chi connectivity index (χ2n) is 8.72. The van der Waals surface area contributed by atoms with Crippen molar-refractivity contribution >= 4 is 23.6 Å². The number of amides is 1. The lowest BCUT2D eigenvalue weighted by Crippen LogP contribution is -2.32. The predicted molar refractivity (Wildman–Crippen MR) is 125 cm³/mol. The third-order valence-corrected chi connectivity index (χ3v) is 6.04. The fraction of sp³-hybridized carbons (Fsp3) is 0.360. The molecule has 1 aliphatic rings. The van der Waals surface area contributed by atoms with Crippen LogP contribution in [0.5, 0.6) is 5.75 Å². The lowest BCUT2D eigenvalue weighted by atomic mass is 9.93. The van der Waals surface area contributed by atoms with E-state index in [9.17, 15) is 40.6 Å². The Bertz CT molecular complexity index is 1190. The molecule has 1 saturated carbocycles.